The maximum atomic E-state index is 5.74. The van der Waals surface area contributed by atoms with Crippen molar-refractivity contribution in [3.8, 4) is 0 Å². The van der Waals surface area contributed by atoms with Crippen molar-refractivity contribution in [1.29, 1.82) is 0 Å². The van der Waals surface area contributed by atoms with Crippen LogP contribution in [-0.2, 0) is 4.74 Å². The van der Waals surface area contributed by atoms with E-state index < -0.39 is 0 Å². The van der Waals surface area contributed by atoms with Crippen LogP contribution in [0.3, 0.4) is 0 Å². The fourth-order valence-corrected chi connectivity index (χ4v) is 1.68. The highest BCUT2D eigenvalue weighted by molar-refractivity contribution is 4.88. The Morgan fingerprint density at radius 2 is 1.79 bits per heavy atom. The quantitative estimate of drug-likeness (QED) is 0.631. The smallest absolute Gasteiger partial charge is 0.182 e. The Balaban J connectivity index is 2.38. The third kappa shape index (κ3) is 3.60. The molecule has 0 aromatic rings. The van der Waals surface area contributed by atoms with Crippen molar-refractivity contribution in [2.45, 2.75) is 46.1 Å². The summed E-state index contributed by atoms with van der Waals surface area (Å²) in [5.41, 5.74) is -0.125. The highest BCUT2D eigenvalue weighted by Crippen LogP contribution is 2.22. The largest absolute Gasteiger partial charge is 0.474 e. The standard InChI is InChI=1S/C12H23NO/c1-10-6-8-13(9-7-10)11(2)14-12(3,4)5/h10H,2,6-9H2,1,3-5H3. The summed E-state index contributed by atoms with van der Waals surface area (Å²) in [6.45, 7) is 14.7. The van der Waals surface area contributed by atoms with Crippen molar-refractivity contribution in [1.82, 2.24) is 4.90 Å². The third-order valence-corrected chi connectivity index (χ3v) is 2.56. The molecule has 82 valence electrons. The van der Waals surface area contributed by atoms with Gasteiger partial charge in [0.2, 0.25) is 0 Å². The molecule has 0 aliphatic carbocycles. The van der Waals surface area contributed by atoms with Gasteiger partial charge in [-0.05, 0) is 46.1 Å². The van der Waals surface area contributed by atoms with Gasteiger partial charge in [-0.3, -0.25) is 0 Å². The van der Waals surface area contributed by atoms with Gasteiger partial charge in [-0.15, -0.1) is 0 Å². The number of ether oxygens (including phenoxy) is 1. The van der Waals surface area contributed by atoms with E-state index in [2.05, 4.69) is 39.2 Å². The van der Waals surface area contributed by atoms with E-state index in [0.717, 1.165) is 24.9 Å². The van der Waals surface area contributed by atoms with E-state index in [1.54, 1.807) is 0 Å². The van der Waals surface area contributed by atoms with E-state index in [1.807, 2.05) is 0 Å². The first kappa shape index (κ1) is 11.4. The Morgan fingerprint density at radius 3 is 2.21 bits per heavy atom. The lowest BCUT2D eigenvalue weighted by molar-refractivity contribution is -0.00476. The molecule has 1 saturated heterocycles. The minimum Gasteiger partial charge on any atom is -0.474 e. The molecule has 0 aromatic heterocycles. The highest BCUT2D eigenvalue weighted by atomic mass is 16.5. The Morgan fingerprint density at radius 1 is 1.29 bits per heavy atom. The van der Waals surface area contributed by atoms with Crippen LogP contribution < -0.4 is 0 Å². The fraction of sp³-hybridized carbons (Fsp3) is 0.833. The highest BCUT2D eigenvalue weighted by Gasteiger charge is 2.20. The van der Waals surface area contributed by atoms with Crippen LogP contribution in [0.4, 0.5) is 0 Å². The van der Waals surface area contributed by atoms with Gasteiger partial charge in [-0.25, -0.2) is 0 Å². The van der Waals surface area contributed by atoms with Gasteiger partial charge in [0, 0.05) is 13.1 Å². The molecule has 0 spiro atoms. The van der Waals surface area contributed by atoms with Gasteiger partial charge in [-0.1, -0.05) is 6.92 Å². The molecule has 1 fully saturated rings. The van der Waals surface area contributed by atoms with Crippen LogP contribution >= 0.6 is 0 Å². The monoisotopic (exact) mass is 197 g/mol. The van der Waals surface area contributed by atoms with Crippen molar-refractivity contribution < 1.29 is 4.74 Å². The second-order valence-corrected chi connectivity index (χ2v) is 5.28. The number of rotatable bonds is 2. The van der Waals surface area contributed by atoms with Gasteiger partial charge >= 0.3 is 0 Å². The zero-order valence-corrected chi connectivity index (χ0v) is 9.97. The van der Waals surface area contributed by atoms with Crippen LogP contribution in [0.1, 0.15) is 40.5 Å². The molecule has 2 nitrogen and oxygen atoms in total. The Bertz CT molecular complexity index is 197. The molecule has 0 unspecified atom stereocenters. The average molecular weight is 197 g/mol. The Kier molecular flexibility index (Phi) is 3.46. The first-order valence-electron chi connectivity index (χ1n) is 5.51. The minimum atomic E-state index is -0.125. The summed E-state index contributed by atoms with van der Waals surface area (Å²) in [7, 11) is 0. The summed E-state index contributed by atoms with van der Waals surface area (Å²) in [4.78, 5) is 2.26. The fourth-order valence-electron chi connectivity index (χ4n) is 1.68. The summed E-state index contributed by atoms with van der Waals surface area (Å²) in [5, 5.41) is 0. The molecule has 0 bridgehead atoms. The van der Waals surface area contributed by atoms with Crippen molar-refractivity contribution in [2.24, 2.45) is 5.92 Å². The number of hydrogen-bond donors (Lipinski definition) is 0. The minimum absolute atomic E-state index is 0.125. The van der Waals surface area contributed by atoms with Crippen LogP contribution in [0.2, 0.25) is 0 Å². The third-order valence-electron chi connectivity index (χ3n) is 2.56. The number of likely N-dealkylation sites (tertiary alicyclic amines) is 1. The zero-order valence-electron chi connectivity index (χ0n) is 9.97. The van der Waals surface area contributed by atoms with Crippen LogP contribution in [0.5, 0.6) is 0 Å². The molecule has 1 aliphatic heterocycles. The van der Waals surface area contributed by atoms with Gasteiger partial charge in [0.1, 0.15) is 5.60 Å². The molecule has 0 aromatic carbocycles. The first-order chi connectivity index (χ1) is 6.38. The van der Waals surface area contributed by atoms with E-state index in [9.17, 15) is 0 Å². The van der Waals surface area contributed by atoms with Gasteiger partial charge in [0.25, 0.3) is 0 Å². The molecule has 1 heterocycles. The van der Waals surface area contributed by atoms with Gasteiger partial charge < -0.3 is 9.64 Å². The lowest BCUT2D eigenvalue weighted by Crippen LogP contribution is -2.35. The lowest BCUT2D eigenvalue weighted by atomic mass is 9.99. The van der Waals surface area contributed by atoms with Crippen molar-refractivity contribution in [2.75, 3.05) is 13.1 Å². The van der Waals surface area contributed by atoms with E-state index in [-0.39, 0.29) is 5.60 Å². The summed E-state index contributed by atoms with van der Waals surface area (Å²) in [5.74, 6) is 1.69. The molecule has 0 atom stereocenters. The molecule has 1 aliphatic rings. The van der Waals surface area contributed by atoms with E-state index in [0.29, 0.717) is 0 Å². The lowest BCUT2D eigenvalue weighted by Gasteiger charge is -2.35. The number of hydrogen-bond acceptors (Lipinski definition) is 2. The molecule has 0 amide bonds. The van der Waals surface area contributed by atoms with Crippen LogP contribution in [0.25, 0.3) is 0 Å². The summed E-state index contributed by atoms with van der Waals surface area (Å²) in [6, 6.07) is 0. The predicted molar refractivity (Wildman–Crippen MR) is 59.9 cm³/mol. The Labute approximate surface area is 87.9 Å². The van der Waals surface area contributed by atoms with Crippen molar-refractivity contribution >= 4 is 0 Å². The summed E-state index contributed by atoms with van der Waals surface area (Å²) < 4.78 is 5.74. The second-order valence-electron chi connectivity index (χ2n) is 5.28. The van der Waals surface area contributed by atoms with Crippen LogP contribution in [-0.4, -0.2) is 23.6 Å². The predicted octanol–water partition coefficient (Wildman–Crippen LogP) is 3.00. The topological polar surface area (TPSA) is 12.5 Å². The van der Waals surface area contributed by atoms with E-state index in [4.69, 9.17) is 4.74 Å². The van der Waals surface area contributed by atoms with Gasteiger partial charge in [0.15, 0.2) is 5.88 Å². The molecule has 1 rings (SSSR count). The first-order valence-corrected chi connectivity index (χ1v) is 5.51. The van der Waals surface area contributed by atoms with Gasteiger partial charge in [0.05, 0.1) is 0 Å². The maximum absolute atomic E-state index is 5.74. The normalized spacial score (nSPS) is 19.6. The average Bonchev–Trinajstić information content (AvgIpc) is 2.02. The van der Waals surface area contributed by atoms with E-state index >= 15 is 0 Å². The molecular weight excluding hydrogens is 174 g/mol. The van der Waals surface area contributed by atoms with Crippen LogP contribution in [0.15, 0.2) is 12.5 Å². The number of piperidine rings is 1. The summed E-state index contributed by atoms with van der Waals surface area (Å²) in [6.07, 6.45) is 2.51. The van der Waals surface area contributed by atoms with Crippen LogP contribution in [0, 0.1) is 5.92 Å². The zero-order chi connectivity index (χ0) is 10.8. The second kappa shape index (κ2) is 4.24. The van der Waals surface area contributed by atoms with Gasteiger partial charge in [-0.2, -0.15) is 0 Å². The molecule has 0 N–H and O–H groups in total. The molecule has 14 heavy (non-hydrogen) atoms. The number of nitrogens with zero attached hydrogens (tertiary/aromatic N) is 1. The van der Waals surface area contributed by atoms with E-state index in [1.165, 1.54) is 12.8 Å². The molecular formula is C12H23NO. The Hall–Kier alpha value is -0.660. The van der Waals surface area contributed by atoms with Crippen molar-refractivity contribution in [3.63, 3.8) is 0 Å². The molecule has 0 saturated carbocycles. The van der Waals surface area contributed by atoms with Crippen molar-refractivity contribution in [3.05, 3.63) is 12.5 Å². The SMILES string of the molecule is C=C(OC(C)(C)C)N1CCC(C)CC1. The molecule has 2 heteroatoms. The maximum Gasteiger partial charge on any atom is 0.182 e. The molecule has 0 radical (unpaired) electrons. The summed E-state index contributed by atoms with van der Waals surface area (Å²) >= 11 is 0.